The van der Waals surface area contributed by atoms with Crippen LogP contribution < -0.4 is 10.0 Å². The lowest BCUT2D eigenvalue weighted by Gasteiger charge is -2.11. The summed E-state index contributed by atoms with van der Waals surface area (Å²) < 4.78 is 28.4. The van der Waals surface area contributed by atoms with Gasteiger partial charge in [-0.25, -0.2) is 18.1 Å². The van der Waals surface area contributed by atoms with E-state index in [1.807, 2.05) is 18.4 Å². The first kappa shape index (κ1) is 16.4. The van der Waals surface area contributed by atoms with Crippen LogP contribution in [0.25, 0.3) is 0 Å². The van der Waals surface area contributed by atoms with E-state index in [0.29, 0.717) is 12.4 Å². The molecule has 0 unspecified atom stereocenters. The molecule has 2 rings (SSSR count). The van der Waals surface area contributed by atoms with E-state index in [9.17, 15) is 8.42 Å². The highest BCUT2D eigenvalue weighted by atomic mass is 79.9. The van der Waals surface area contributed by atoms with E-state index in [2.05, 4.69) is 31.0 Å². The van der Waals surface area contributed by atoms with Crippen LogP contribution in [0.3, 0.4) is 0 Å². The van der Waals surface area contributed by atoms with Gasteiger partial charge in [-0.05, 0) is 40.5 Å². The molecule has 0 aliphatic heterocycles. The fraction of sp³-hybridized carbons (Fsp3) is 0.308. The van der Waals surface area contributed by atoms with Gasteiger partial charge in [-0.2, -0.15) is 0 Å². The van der Waals surface area contributed by atoms with Gasteiger partial charge in [-0.1, -0.05) is 6.92 Å². The van der Waals surface area contributed by atoms with Crippen LogP contribution in [0.5, 0.6) is 0 Å². The maximum atomic E-state index is 12.4. The molecule has 21 heavy (non-hydrogen) atoms. The van der Waals surface area contributed by atoms with Crippen molar-refractivity contribution in [1.82, 2.24) is 9.71 Å². The van der Waals surface area contributed by atoms with Crippen LogP contribution in [-0.2, 0) is 16.6 Å². The molecule has 0 saturated carbocycles. The Labute approximate surface area is 137 Å². The third-order valence-corrected chi connectivity index (χ3v) is 5.79. The Morgan fingerprint density at radius 1 is 1.43 bits per heavy atom. The molecule has 8 heteroatoms. The van der Waals surface area contributed by atoms with Gasteiger partial charge in [0.2, 0.25) is 10.0 Å². The minimum atomic E-state index is -3.59. The summed E-state index contributed by atoms with van der Waals surface area (Å²) in [5.41, 5.74) is 0. The van der Waals surface area contributed by atoms with E-state index in [-0.39, 0.29) is 11.4 Å². The van der Waals surface area contributed by atoms with E-state index in [4.69, 9.17) is 0 Å². The molecule has 0 amide bonds. The molecular formula is C13H16BrN3O2S2. The van der Waals surface area contributed by atoms with E-state index in [1.165, 1.54) is 11.3 Å². The lowest BCUT2D eigenvalue weighted by atomic mass is 10.4. The quantitative estimate of drug-likeness (QED) is 0.762. The largest absolute Gasteiger partial charge is 0.369 e. The van der Waals surface area contributed by atoms with Crippen molar-refractivity contribution in [1.29, 1.82) is 0 Å². The second-order valence-electron chi connectivity index (χ2n) is 4.33. The average Bonchev–Trinajstić information content (AvgIpc) is 2.89. The lowest BCUT2D eigenvalue weighted by molar-refractivity contribution is 0.581. The first-order valence-corrected chi connectivity index (χ1v) is 9.60. The van der Waals surface area contributed by atoms with Crippen molar-refractivity contribution in [2.24, 2.45) is 0 Å². The number of hydrogen-bond acceptors (Lipinski definition) is 5. The van der Waals surface area contributed by atoms with Gasteiger partial charge in [-0.3, -0.25) is 0 Å². The Kier molecular flexibility index (Phi) is 5.74. The van der Waals surface area contributed by atoms with Gasteiger partial charge in [0.25, 0.3) is 0 Å². The number of nitrogens with one attached hydrogen (secondary N) is 2. The first-order valence-electron chi connectivity index (χ1n) is 6.44. The maximum Gasteiger partial charge on any atom is 0.244 e. The van der Waals surface area contributed by atoms with E-state index < -0.39 is 10.0 Å². The summed E-state index contributed by atoms with van der Waals surface area (Å²) in [6, 6.07) is 5.07. The van der Waals surface area contributed by atoms with Gasteiger partial charge in [0.1, 0.15) is 10.7 Å². The van der Waals surface area contributed by atoms with Crippen LogP contribution in [0.15, 0.2) is 39.1 Å². The van der Waals surface area contributed by atoms with Gasteiger partial charge in [0, 0.05) is 34.0 Å². The number of halogens is 1. The minimum absolute atomic E-state index is 0.175. The average molecular weight is 390 g/mol. The van der Waals surface area contributed by atoms with Crippen molar-refractivity contribution < 1.29 is 8.42 Å². The van der Waals surface area contributed by atoms with Crippen LogP contribution in [0.1, 0.15) is 18.2 Å². The summed E-state index contributed by atoms with van der Waals surface area (Å²) in [5, 5.41) is 4.95. The molecule has 0 saturated heterocycles. The number of pyridine rings is 1. The zero-order chi connectivity index (χ0) is 15.3. The number of anilines is 1. The second-order valence-corrected chi connectivity index (χ2v) is 7.98. The Morgan fingerprint density at radius 3 is 2.90 bits per heavy atom. The fourth-order valence-corrected chi connectivity index (χ4v) is 4.29. The summed E-state index contributed by atoms with van der Waals surface area (Å²) in [6.45, 7) is 2.95. The molecule has 0 aliphatic carbocycles. The molecule has 2 heterocycles. The summed E-state index contributed by atoms with van der Waals surface area (Å²) in [5.74, 6) is 0.388. The molecule has 0 spiro atoms. The van der Waals surface area contributed by atoms with Gasteiger partial charge in [0.05, 0.1) is 0 Å². The molecule has 0 radical (unpaired) electrons. The summed E-state index contributed by atoms with van der Waals surface area (Å²) in [7, 11) is -3.59. The summed E-state index contributed by atoms with van der Waals surface area (Å²) in [6.07, 6.45) is 2.47. The van der Waals surface area contributed by atoms with Crippen molar-refractivity contribution in [2.75, 3.05) is 11.9 Å². The number of nitrogens with zero attached hydrogens (tertiary/aromatic N) is 1. The SMILES string of the molecule is CCCNc1ncccc1S(=O)(=O)NCc1cc(Br)cs1. The Morgan fingerprint density at radius 2 is 2.24 bits per heavy atom. The number of rotatable bonds is 7. The Bertz CT molecular complexity index is 701. The predicted molar refractivity (Wildman–Crippen MR) is 89.1 cm³/mol. The van der Waals surface area contributed by atoms with Crippen molar-refractivity contribution >= 4 is 43.1 Å². The predicted octanol–water partition coefficient (Wildman–Crippen LogP) is 3.21. The normalized spacial score (nSPS) is 11.5. The zero-order valence-corrected chi connectivity index (χ0v) is 14.7. The third kappa shape index (κ3) is 4.50. The van der Waals surface area contributed by atoms with Crippen LogP contribution in [0, 0.1) is 0 Å². The molecule has 5 nitrogen and oxygen atoms in total. The molecule has 2 N–H and O–H groups in total. The van der Waals surface area contributed by atoms with E-state index >= 15 is 0 Å². The third-order valence-electron chi connectivity index (χ3n) is 2.66. The molecule has 0 aromatic carbocycles. The minimum Gasteiger partial charge on any atom is -0.369 e. The van der Waals surface area contributed by atoms with Gasteiger partial charge >= 0.3 is 0 Å². The number of aromatic nitrogens is 1. The summed E-state index contributed by atoms with van der Waals surface area (Å²) in [4.78, 5) is 5.22. The van der Waals surface area contributed by atoms with Gasteiger partial charge in [0.15, 0.2) is 0 Å². The molecule has 2 aromatic heterocycles. The highest BCUT2D eigenvalue weighted by Gasteiger charge is 2.19. The molecule has 114 valence electrons. The topological polar surface area (TPSA) is 71.1 Å². The highest BCUT2D eigenvalue weighted by Crippen LogP contribution is 2.21. The van der Waals surface area contributed by atoms with Crippen molar-refractivity contribution in [3.63, 3.8) is 0 Å². The monoisotopic (exact) mass is 389 g/mol. The summed E-state index contributed by atoms with van der Waals surface area (Å²) >= 11 is 4.85. The molecular weight excluding hydrogens is 374 g/mol. The fourth-order valence-electron chi connectivity index (χ4n) is 1.67. The van der Waals surface area contributed by atoms with Gasteiger partial charge < -0.3 is 5.32 Å². The zero-order valence-electron chi connectivity index (χ0n) is 11.5. The van der Waals surface area contributed by atoms with Gasteiger partial charge in [-0.15, -0.1) is 11.3 Å². The van der Waals surface area contributed by atoms with Crippen LogP contribution >= 0.6 is 27.3 Å². The molecule has 0 fully saturated rings. The lowest BCUT2D eigenvalue weighted by Crippen LogP contribution is -2.24. The molecule has 2 aromatic rings. The van der Waals surface area contributed by atoms with Crippen molar-refractivity contribution in [3.8, 4) is 0 Å². The molecule has 0 aliphatic rings. The van der Waals surface area contributed by atoms with Crippen molar-refractivity contribution in [2.45, 2.75) is 24.8 Å². The van der Waals surface area contributed by atoms with Crippen molar-refractivity contribution in [3.05, 3.63) is 39.1 Å². The highest BCUT2D eigenvalue weighted by molar-refractivity contribution is 9.10. The van der Waals surface area contributed by atoms with Crippen LogP contribution in [-0.4, -0.2) is 19.9 Å². The molecule has 0 atom stereocenters. The Hall–Kier alpha value is -0.960. The number of sulfonamides is 1. The smallest absolute Gasteiger partial charge is 0.244 e. The number of hydrogen-bond donors (Lipinski definition) is 2. The maximum absolute atomic E-state index is 12.4. The van der Waals surface area contributed by atoms with E-state index in [0.717, 1.165) is 15.8 Å². The van der Waals surface area contributed by atoms with Crippen LogP contribution in [0.4, 0.5) is 5.82 Å². The van der Waals surface area contributed by atoms with Crippen LogP contribution in [0.2, 0.25) is 0 Å². The standard InChI is InChI=1S/C13H16BrN3O2S2/c1-2-5-15-13-12(4-3-6-16-13)21(18,19)17-8-11-7-10(14)9-20-11/h3-4,6-7,9,17H,2,5,8H2,1H3,(H,15,16). The second kappa shape index (κ2) is 7.35. The Balaban J connectivity index is 2.15. The first-order chi connectivity index (χ1) is 10.0. The molecule has 0 bridgehead atoms. The van der Waals surface area contributed by atoms with E-state index in [1.54, 1.807) is 18.3 Å². The number of thiophene rings is 1.